The van der Waals surface area contributed by atoms with Crippen LogP contribution in [0.15, 0.2) is 405 Å². The zero-order valence-corrected chi connectivity index (χ0v) is 64.7. The maximum Gasteiger partial charge on any atom is 0.143 e. The second-order valence-corrected chi connectivity index (χ2v) is 32.2. The van der Waals surface area contributed by atoms with Gasteiger partial charge in [-0.05, 0) is 244 Å². The molecule has 0 radical (unpaired) electrons. The molecule has 118 heavy (non-hydrogen) atoms. The predicted molar refractivity (Wildman–Crippen MR) is 489 cm³/mol. The summed E-state index contributed by atoms with van der Waals surface area (Å²) in [6.45, 7) is 0. The van der Waals surface area contributed by atoms with Gasteiger partial charge in [0.05, 0.1) is 45.3 Å². The van der Waals surface area contributed by atoms with Crippen LogP contribution >= 0.6 is 11.3 Å². The first kappa shape index (κ1) is 68.2. The lowest BCUT2D eigenvalue weighted by Gasteiger charge is -2.16. The lowest BCUT2D eigenvalue weighted by Crippen LogP contribution is -1.99. The van der Waals surface area contributed by atoms with E-state index in [0.717, 1.165) is 88.8 Å². The molecule has 0 N–H and O–H groups in total. The summed E-state index contributed by atoms with van der Waals surface area (Å²) >= 11 is 1.87. The molecule has 0 saturated heterocycles. The highest BCUT2D eigenvalue weighted by atomic mass is 32.1. The van der Waals surface area contributed by atoms with Gasteiger partial charge in [-0.25, -0.2) is 0 Å². The van der Waals surface area contributed by atoms with E-state index in [1.54, 1.807) is 0 Å². The van der Waals surface area contributed by atoms with Gasteiger partial charge in [0.1, 0.15) is 11.2 Å². The number of fused-ring (bicyclic) bond motifs is 18. The van der Waals surface area contributed by atoms with Gasteiger partial charge >= 0.3 is 0 Å². The second kappa shape index (κ2) is 27.7. The van der Waals surface area contributed by atoms with E-state index in [4.69, 9.17) is 4.42 Å². The topological polar surface area (TPSA) is 70.6 Å². The third kappa shape index (κ3) is 11.2. The standard InChI is InChI=1S/C57H35NO.C55H33N3S/c58-34-35-11-8-16-42(29-35)56-48-27-24-40(32-52(48)53-33-41(25-28-49(53)56)43-20-10-21-50-45-18-6-7-22-54(45)59-57(43)50)38-15-9-14-37(30-38)39-23-26-47-51(31-39)44-17-4-5-19-46(44)55(47)36-12-2-1-3-13-36;56-34-35-28-39(36-23-26-51-48(31-36)44-16-7-9-20-50(44)57(51)41-12-3-1-4-13-41)30-40(29-35)37-24-27-52-49(32-37)45-25-22-38(33-53(45)58(52)42-14-5-2-6-15-42)43-18-11-19-47-46-17-8-10-21-54(46)59-55(43)47/h1-33,55-56H;1-33H. The van der Waals surface area contributed by atoms with Gasteiger partial charge in [-0.15, -0.1) is 11.3 Å². The molecular weight excluding hydrogens is 1450 g/mol. The molecule has 18 aromatic carbocycles. The van der Waals surface area contributed by atoms with Crippen molar-refractivity contribution in [3.63, 3.8) is 0 Å². The van der Waals surface area contributed by atoms with Crippen LogP contribution in [0.1, 0.15) is 56.3 Å². The van der Waals surface area contributed by atoms with Gasteiger partial charge in [0.15, 0.2) is 0 Å². The van der Waals surface area contributed by atoms with E-state index in [9.17, 15) is 10.5 Å². The molecule has 2 aliphatic carbocycles. The monoisotopic (exact) mass is 1520 g/mol. The van der Waals surface area contributed by atoms with Crippen LogP contribution in [0.5, 0.6) is 0 Å². The zero-order valence-electron chi connectivity index (χ0n) is 63.9. The van der Waals surface area contributed by atoms with Crippen LogP contribution in [0.25, 0.3) is 186 Å². The van der Waals surface area contributed by atoms with Crippen molar-refractivity contribution in [1.82, 2.24) is 9.13 Å². The lowest BCUT2D eigenvalue weighted by atomic mass is 9.87. The Bertz CT molecular complexity index is 7980. The summed E-state index contributed by atoms with van der Waals surface area (Å²) in [4.78, 5) is 0. The molecule has 0 fully saturated rings. The average Bonchev–Trinajstić information content (AvgIpc) is 1.59. The minimum Gasteiger partial charge on any atom is -0.455 e. The molecular formula is C112H68N4OS. The predicted octanol–water partition coefficient (Wildman–Crippen LogP) is 29.9. The Labute approximate surface area is 685 Å². The number of hydrogen-bond donors (Lipinski definition) is 0. The number of rotatable bonds is 10. The Morgan fingerprint density at radius 3 is 1.39 bits per heavy atom. The fourth-order valence-electron chi connectivity index (χ4n) is 19.2. The van der Waals surface area contributed by atoms with Gasteiger partial charge in [0, 0.05) is 81.3 Å². The SMILES string of the molecule is N#Cc1cc(-c2ccc3c(c2)c2ccccc2n3-c2ccccc2)cc(-c2ccc3c(c2)c2ccc(-c4cccc5c4sc4ccccc45)cc2n3-c2ccccc2)c1.N#Cc1cccc(C2c3ccc(-c4cccc(-c5ccc6c(c5)-c5ccccc5C6c5ccccc5)c4)cc3-c3cc(-c4cccc5c4oc4ccccc45)ccc32)c1. The molecule has 0 aliphatic heterocycles. The Morgan fingerprint density at radius 1 is 0.246 bits per heavy atom. The Balaban J connectivity index is 0.000000138. The van der Waals surface area contributed by atoms with E-state index < -0.39 is 0 Å². The number of thiophene rings is 1. The molecule has 5 nitrogen and oxygen atoms in total. The Hall–Kier alpha value is -15.4. The molecule has 0 bridgehead atoms. The number of furan rings is 1. The molecule has 2 aliphatic rings. The van der Waals surface area contributed by atoms with E-state index in [-0.39, 0.29) is 11.8 Å². The molecule has 4 heterocycles. The summed E-state index contributed by atoms with van der Waals surface area (Å²) in [7, 11) is 0. The summed E-state index contributed by atoms with van der Waals surface area (Å²) in [5, 5.41) is 29.8. The van der Waals surface area contributed by atoms with Crippen molar-refractivity contribution in [3.8, 4) is 113 Å². The van der Waals surface area contributed by atoms with Crippen LogP contribution in [-0.4, -0.2) is 9.13 Å². The van der Waals surface area contributed by atoms with Crippen LogP contribution in [0.4, 0.5) is 0 Å². The molecule has 0 spiro atoms. The summed E-state index contributed by atoms with van der Waals surface area (Å²) < 4.78 is 13.8. The van der Waals surface area contributed by atoms with Crippen LogP contribution in [-0.2, 0) is 0 Å². The number of benzene rings is 18. The third-order valence-electron chi connectivity index (χ3n) is 24.6. The van der Waals surface area contributed by atoms with Crippen molar-refractivity contribution >= 4 is 97.1 Å². The van der Waals surface area contributed by atoms with E-state index in [1.807, 2.05) is 53.8 Å². The second-order valence-electron chi connectivity index (χ2n) is 31.1. The first-order chi connectivity index (χ1) is 58.4. The number of aromatic nitrogens is 2. The molecule has 24 rings (SSSR count). The molecule has 4 aromatic heterocycles. The first-order valence-corrected chi connectivity index (χ1v) is 41.0. The van der Waals surface area contributed by atoms with Gasteiger partial charge in [-0.3, -0.25) is 0 Å². The third-order valence-corrected chi connectivity index (χ3v) is 25.8. The Kier molecular flexibility index (Phi) is 16.0. The fourth-order valence-corrected chi connectivity index (χ4v) is 20.5. The molecule has 22 aromatic rings. The van der Waals surface area contributed by atoms with Gasteiger partial charge in [-0.2, -0.15) is 10.5 Å². The summed E-state index contributed by atoms with van der Waals surface area (Å²) in [5.41, 5.74) is 36.3. The normalized spacial score (nSPS) is 13.2. The minimum atomic E-state index is 0.0127. The minimum absolute atomic E-state index is 0.0127. The van der Waals surface area contributed by atoms with Crippen LogP contribution in [0, 0.1) is 22.7 Å². The average molecular weight is 1520 g/mol. The van der Waals surface area contributed by atoms with Crippen molar-refractivity contribution in [2.75, 3.05) is 0 Å². The molecule has 2 unspecified atom stereocenters. The van der Waals surface area contributed by atoms with Crippen molar-refractivity contribution in [2.45, 2.75) is 11.8 Å². The molecule has 0 amide bonds. The van der Waals surface area contributed by atoms with Crippen LogP contribution in [0.3, 0.4) is 0 Å². The highest BCUT2D eigenvalue weighted by Gasteiger charge is 2.33. The van der Waals surface area contributed by atoms with Gasteiger partial charge in [-0.1, -0.05) is 273 Å². The molecule has 6 heteroatoms. The van der Waals surface area contributed by atoms with Gasteiger partial charge in [0.2, 0.25) is 0 Å². The van der Waals surface area contributed by atoms with Crippen molar-refractivity contribution in [3.05, 3.63) is 445 Å². The van der Waals surface area contributed by atoms with E-state index in [2.05, 4.69) is 379 Å². The van der Waals surface area contributed by atoms with Gasteiger partial charge in [0.25, 0.3) is 0 Å². The lowest BCUT2D eigenvalue weighted by molar-refractivity contribution is 0.670. The van der Waals surface area contributed by atoms with Gasteiger partial charge < -0.3 is 13.6 Å². The number of para-hydroxylation sites is 5. The number of hydrogen-bond acceptors (Lipinski definition) is 4. The zero-order chi connectivity index (χ0) is 78.1. The smallest absolute Gasteiger partial charge is 0.143 e. The van der Waals surface area contributed by atoms with Crippen LogP contribution < -0.4 is 0 Å². The molecule has 548 valence electrons. The number of nitrogens with zero attached hydrogens (tertiary/aromatic N) is 4. The van der Waals surface area contributed by atoms with E-state index in [0.29, 0.717) is 11.1 Å². The Morgan fingerprint density at radius 2 is 0.695 bits per heavy atom. The quantitative estimate of drug-likeness (QED) is 0.137. The van der Waals surface area contributed by atoms with Crippen LogP contribution in [0.2, 0.25) is 0 Å². The largest absolute Gasteiger partial charge is 0.455 e. The summed E-state index contributed by atoms with van der Waals surface area (Å²) in [6, 6.07) is 149. The maximum atomic E-state index is 10.3. The first-order valence-electron chi connectivity index (χ1n) is 40.2. The fraction of sp³-hybridized carbons (Fsp3) is 0.0179. The summed E-state index contributed by atoms with van der Waals surface area (Å²) in [5.74, 6) is 0.245. The molecule has 0 saturated carbocycles. The maximum absolute atomic E-state index is 10.3. The highest BCUT2D eigenvalue weighted by molar-refractivity contribution is 7.26. The summed E-state index contributed by atoms with van der Waals surface area (Å²) in [6.07, 6.45) is 0. The molecule has 2 atom stereocenters. The highest BCUT2D eigenvalue weighted by Crippen LogP contribution is 2.54. The van der Waals surface area contributed by atoms with Crippen molar-refractivity contribution < 1.29 is 4.42 Å². The van der Waals surface area contributed by atoms with E-state index in [1.165, 1.54) is 131 Å². The van der Waals surface area contributed by atoms with Crippen molar-refractivity contribution in [2.24, 2.45) is 0 Å². The number of nitriles is 2. The van der Waals surface area contributed by atoms with Crippen molar-refractivity contribution in [1.29, 1.82) is 10.5 Å². The van der Waals surface area contributed by atoms with E-state index >= 15 is 0 Å².